The molecular weight excluding hydrogens is 384 g/mol. The number of amides is 2. The van der Waals surface area contributed by atoms with Crippen molar-refractivity contribution in [2.45, 2.75) is 44.7 Å². The molecule has 1 aliphatic carbocycles. The second-order valence-corrected chi connectivity index (χ2v) is 8.43. The van der Waals surface area contributed by atoms with E-state index in [-0.39, 0.29) is 5.91 Å². The van der Waals surface area contributed by atoms with Gasteiger partial charge in [0.05, 0.1) is 21.8 Å². The fourth-order valence-corrected chi connectivity index (χ4v) is 4.37. The van der Waals surface area contributed by atoms with Crippen molar-refractivity contribution >= 4 is 40.4 Å². The molecule has 1 aliphatic rings. The van der Waals surface area contributed by atoms with Crippen LogP contribution in [-0.2, 0) is 11.3 Å². The van der Waals surface area contributed by atoms with Gasteiger partial charge in [-0.25, -0.2) is 0 Å². The third-order valence-corrected chi connectivity index (χ3v) is 6.04. The minimum Gasteiger partial charge on any atom is -0.379 e. The lowest BCUT2D eigenvalue weighted by Crippen LogP contribution is -2.45. The van der Waals surface area contributed by atoms with E-state index in [4.69, 9.17) is 17.3 Å². The van der Waals surface area contributed by atoms with Gasteiger partial charge >= 0.3 is 0 Å². The van der Waals surface area contributed by atoms with Gasteiger partial charge in [-0.2, -0.15) is 0 Å². The lowest BCUT2D eigenvalue weighted by molar-refractivity contribution is -0.120. The number of aromatic nitrogens is 1. The number of thiophene rings is 1. The molecule has 4 N–H and O–H groups in total. The van der Waals surface area contributed by atoms with Gasteiger partial charge in [0.15, 0.2) is 0 Å². The van der Waals surface area contributed by atoms with Crippen LogP contribution in [-0.4, -0.2) is 22.8 Å². The van der Waals surface area contributed by atoms with Crippen LogP contribution in [0.2, 0.25) is 5.02 Å². The van der Waals surface area contributed by atoms with Gasteiger partial charge in [-0.3, -0.25) is 14.6 Å². The van der Waals surface area contributed by atoms with E-state index >= 15 is 0 Å². The molecule has 1 saturated carbocycles. The van der Waals surface area contributed by atoms with E-state index in [1.54, 1.807) is 24.5 Å². The first kappa shape index (κ1) is 19.6. The van der Waals surface area contributed by atoms with Gasteiger partial charge < -0.3 is 16.4 Å². The second kappa shape index (κ2) is 9.19. The van der Waals surface area contributed by atoms with Crippen molar-refractivity contribution in [3.8, 4) is 0 Å². The van der Waals surface area contributed by atoms with Crippen LogP contribution in [0.5, 0.6) is 0 Å². The number of nitrogens with one attached hydrogen (secondary N) is 2. The van der Waals surface area contributed by atoms with Crippen LogP contribution in [0.15, 0.2) is 30.6 Å². The maximum Gasteiger partial charge on any atom is 0.262 e. The average molecular weight is 407 g/mol. The Hall–Kier alpha value is -2.12. The Morgan fingerprint density at radius 2 is 2.07 bits per heavy atom. The molecule has 0 aromatic carbocycles. The van der Waals surface area contributed by atoms with Crippen molar-refractivity contribution in [2.75, 3.05) is 5.32 Å². The smallest absolute Gasteiger partial charge is 0.262 e. The normalized spacial score (nSPS) is 15.4. The average Bonchev–Trinajstić information content (AvgIpc) is 3.31. The second-order valence-electron chi connectivity index (χ2n) is 6.83. The number of hydrogen-bond acceptors (Lipinski definition) is 5. The molecule has 0 spiro atoms. The summed E-state index contributed by atoms with van der Waals surface area (Å²) in [4.78, 5) is 29.8. The number of pyridine rings is 1. The first-order valence-electron chi connectivity index (χ1n) is 9.04. The van der Waals surface area contributed by atoms with Gasteiger partial charge in [0.25, 0.3) is 5.91 Å². The van der Waals surface area contributed by atoms with E-state index < -0.39 is 11.9 Å². The third-order valence-electron chi connectivity index (χ3n) is 4.75. The predicted molar refractivity (Wildman–Crippen MR) is 108 cm³/mol. The molecule has 1 fully saturated rings. The summed E-state index contributed by atoms with van der Waals surface area (Å²) in [7, 11) is 0. The highest BCUT2D eigenvalue weighted by atomic mass is 35.5. The van der Waals surface area contributed by atoms with Gasteiger partial charge in [-0.1, -0.05) is 37.3 Å². The molecule has 0 saturated heterocycles. The van der Waals surface area contributed by atoms with E-state index in [2.05, 4.69) is 15.6 Å². The SMILES string of the molecule is NC(=O)[C@H](CC1CCCC1)NC(=O)c1ccc(CNc2cncc(Cl)c2)s1. The van der Waals surface area contributed by atoms with Crippen LogP contribution in [0.25, 0.3) is 0 Å². The Morgan fingerprint density at radius 3 is 2.78 bits per heavy atom. The number of anilines is 1. The maximum atomic E-state index is 12.5. The minimum atomic E-state index is -0.609. The van der Waals surface area contributed by atoms with Crippen molar-refractivity contribution in [1.29, 1.82) is 0 Å². The maximum absolute atomic E-state index is 12.5. The Labute approximate surface area is 167 Å². The van der Waals surface area contributed by atoms with E-state index in [1.807, 2.05) is 6.07 Å². The summed E-state index contributed by atoms with van der Waals surface area (Å²) in [6, 6.07) is 4.83. The molecular formula is C19H23ClN4O2S. The summed E-state index contributed by atoms with van der Waals surface area (Å²) in [5.74, 6) is -0.253. The summed E-state index contributed by atoms with van der Waals surface area (Å²) in [6.45, 7) is 0.557. The van der Waals surface area contributed by atoms with Crippen LogP contribution in [0.3, 0.4) is 0 Å². The fraction of sp³-hybridized carbons (Fsp3) is 0.421. The Kier molecular flexibility index (Phi) is 6.68. The van der Waals surface area contributed by atoms with Crippen LogP contribution >= 0.6 is 22.9 Å². The molecule has 0 radical (unpaired) electrons. The van der Waals surface area contributed by atoms with Crippen LogP contribution in [0.1, 0.15) is 46.7 Å². The topological polar surface area (TPSA) is 97.1 Å². The first-order valence-corrected chi connectivity index (χ1v) is 10.2. The zero-order valence-corrected chi connectivity index (χ0v) is 16.5. The first-order chi connectivity index (χ1) is 13.0. The zero-order valence-electron chi connectivity index (χ0n) is 14.9. The summed E-state index contributed by atoms with van der Waals surface area (Å²) in [5, 5.41) is 6.58. The molecule has 2 aromatic heterocycles. The van der Waals surface area contributed by atoms with Crippen molar-refractivity contribution in [3.05, 3.63) is 45.4 Å². The van der Waals surface area contributed by atoms with Gasteiger partial charge in [-0.05, 0) is 30.5 Å². The lowest BCUT2D eigenvalue weighted by Gasteiger charge is -2.18. The lowest BCUT2D eigenvalue weighted by atomic mass is 9.98. The molecule has 2 amide bonds. The third kappa shape index (κ3) is 5.68. The molecule has 27 heavy (non-hydrogen) atoms. The van der Waals surface area contributed by atoms with Crippen molar-refractivity contribution in [2.24, 2.45) is 11.7 Å². The summed E-state index contributed by atoms with van der Waals surface area (Å²) >= 11 is 7.30. The summed E-state index contributed by atoms with van der Waals surface area (Å²) in [6.07, 6.45) is 8.47. The Balaban J connectivity index is 1.55. The number of rotatable bonds is 8. The van der Waals surface area contributed by atoms with Gasteiger partial charge in [0.1, 0.15) is 6.04 Å². The molecule has 0 bridgehead atoms. The highest BCUT2D eigenvalue weighted by Gasteiger charge is 2.25. The van der Waals surface area contributed by atoms with E-state index in [0.29, 0.717) is 28.8 Å². The molecule has 6 nitrogen and oxygen atoms in total. The molecule has 8 heteroatoms. The molecule has 2 aromatic rings. The standard InChI is InChI=1S/C19H23ClN4O2S/c20-13-8-14(10-22-9-13)23-11-15-5-6-17(27-15)19(26)24-16(18(21)25)7-12-3-1-2-4-12/h5-6,8-10,12,16,23H,1-4,7,11H2,(H2,21,25)(H,24,26)/t16-/m0/s1. The van der Waals surface area contributed by atoms with Gasteiger partial charge in [0.2, 0.25) is 5.91 Å². The van der Waals surface area contributed by atoms with Gasteiger partial charge in [0, 0.05) is 17.6 Å². The highest BCUT2D eigenvalue weighted by Crippen LogP contribution is 2.28. The number of halogens is 1. The quantitative estimate of drug-likeness (QED) is 0.624. The Bertz CT molecular complexity index is 805. The Morgan fingerprint density at radius 1 is 1.30 bits per heavy atom. The fourth-order valence-electron chi connectivity index (χ4n) is 3.35. The molecule has 0 aliphatic heterocycles. The molecule has 144 valence electrons. The number of nitrogens with two attached hydrogens (primary N) is 1. The number of hydrogen-bond donors (Lipinski definition) is 3. The molecule has 0 unspecified atom stereocenters. The van der Waals surface area contributed by atoms with Gasteiger partial charge in [-0.15, -0.1) is 11.3 Å². The monoisotopic (exact) mass is 406 g/mol. The number of primary amides is 1. The van der Waals surface area contributed by atoms with E-state index in [1.165, 1.54) is 24.2 Å². The minimum absolute atomic E-state index is 0.252. The van der Waals surface area contributed by atoms with Crippen LogP contribution in [0.4, 0.5) is 5.69 Å². The highest BCUT2D eigenvalue weighted by molar-refractivity contribution is 7.14. The van der Waals surface area contributed by atoms with E-state index in [0.717, 1.165) is 23.4 Å². The summed E-state index contributed by atoms with van der Waals surface area (Å²) in [5.41, 5.74) is 6.31. The van der Waals surface area contributed by atoms with Crippen LogP contribution < -0.4 is 16.4 Å². The van der Waals surface area contributed by atoms with Crippen LogP contribution in [0, 0.1) is 5.92 Å². The zero-order chi connectivity index (χ0) is 19.2. The number of nitrogens with zero attached hydrogens (tertiary/aromatic N) is 1. The van der Waals surface area contributed by atoms with E-state index in [9.17, 15) is 9.59 Å². The molecule has 3 rings (SSSR count). The number of carbonyl (C=O) groups excluding carboxylic acids is 2. The van der Waals surface area contributed by atoms with Crippen molar-refractivity contribution in [1.82, 2.24) is 10.3 Å². The van der Waals surface area contributed by atoms with Crippen molar-refractivity contribution in [3.63, 3.8) is 0 Å². The van der Waals surface area contributed by atoms with Crippen molar-refractivity contribution < 1.29 is 9.59 Å². The largest absolute Gasteiger partial charge is 0.379 e. The predicted octanol–water partition coefficient (Wildman–Crippen LogP) is 3.57. The number of carbonyl (C=O) groups is 2. The summed E-state index contributed by atoms with van der Waals surface area (Å²) < 4.78 is 0. The molecule has 1 atom stereocenters. The molecule has 2 heterocycles.